The molecule has 0 saturated heterocycles. The molecule has 0 spiro atoms. The van der Waals surface area contributed by atoms with Gasteiger partial charge in [-0.15, -0.1) is 0 Å². The van der Waals surface area contributed by atoms with Gasteiger partial charge in [-0.2, -0.15) is 11.8 Å². The molecule has 1 aromatic heterocycles. The first-order valence-electron chi connectivity index (χ1n) is 7.21. The van der Waals surface area contributed by atoms with E-state index in [0.29, 0.717) is 18.0 Å². The summed E-state index contributed by atoms with van der Waals surface area (Å²) in [6.45, 7) is 4.22. The van der Waals surface area contributed by atoms with Crippen molar-refractivity contribution in [2.24, 2.45) is 5.73 Å². The summed E-state index contributed by atoms with van der Waals surface area (Å²) in [5, 5.41) is 9.96. The van der Waals surface area contributed by atoms with Gasteiger partial charge in [-0.05, 0) is 19.1 Å². The van der Waals surface area contributed by atoms with Crippen LogP contribution in [0.15, 0.2) is 24.5 Å². The lowest BCUT2D eigenvalue weighted by molar-refractivity contribution is -0.128. The molecule has 1 heterocycles. The second kappa shape index (κ2) is 9.39. The average molecular weight is 337 g/mol. The number of hydrogen-bond donors (Lipinski definition) is 3. The number of nitrogens with two attached hydrogens (primary N) is 1. The first-order valence-corrected chi connectivity index (χ1v) is 8.37. The molecule has 1 rings (SSSR count). The molecule has 0 aliphatic rings. The number of anilines is 1. The highest BCUT2D eigenvalue weighted by Gasteiger charge is 2.35. The summed E-state index contributed by atoms with van der Waals surface area (Å²) in [5.74, 6) is 0.350. The Morgan fingerprint density at radius 2 is 2.13 bits per heavy atom. The zero-order valence-electron chi connectivity index (χ0n) is 13.4. The third kappa shape index (κ3) is 6.09. The van der Waals surface area contributed by atoms with Crippen LogP contribution < -0.4 is 16.0 Å². The van der Waals surface area contributed by atoms with Crippen LogP contribution in [0.25, 0.3) is 0 Å². The number of nitrogens with one attached hydrogen (secondary N) is 2. The fraction of sp³-hybridized carbons (Fsp3) is 0.467. The van der Waals surface area contributed by atoms with E-state index in [2.05, 4.69) is 10.3 Å². The van der Waals surface area contributed by atoms with Crippen molar-refractivity contribution in [1.29, 1.82) is 5.41 Å². The average Bonchev–Trinajstić information content (AvgIpc) is 2.51. The molecule has 4 N–H and O–H groups in total. The molecule has 1 aromatic rings. The van der Waals surface area contributed by atoms with Crippen molar-refractivity contribution in [2.75, 3.05) is 29.5 Å². The van der Waals surface area contributed by atoms with Crippen LogP contribution in [0.1, 0.15) is 13.8 Å². The molecule has 7 nitrogen and oxygen atoms in total. The van der Waals surface area contributed by atoms with E-state index < -0.39 is 11.4 Å². The predicted octanol–water partition coefficient (Wildman–Crippen LogP) is 0.651. The summed E-state index contributed by atoms with van der Waals surface area (Å²) in [5.41, 5.74) is 5.45. The molecule has 0 unspecified atom stereocenters. The first kappa shape index (κ1) is 19.3. The van der Waals surface area contributed by atoms with Crippen molar-refractivity contribution < 1.29 is 9.59 Å². The fourth-order valence-electron chi connectivity index (χ4n) is 1.86. The van der Waals surface area contributed by atoms with Crippen LogP contribution in [0.2, 0.25) is 0 Å². The van der Waals surface area contributed by atoms with Gasteiger partial charge in [0, 0.05) is 50.1 Å². The van der Waals surface area contributed by atoms with Crippen molar-refractivity contribution in [3.05, 3.63) is 24.5 Å². The molecule has 0 radical (unpaired) electrons. The van der Waals surface area contributed by atoms with Crippen LogP contribution in [0.3, 0.4) is 0 Å². The first-order chi connectivity index (χ1) is 10.9. The maximum atomic E-state index is 12.7. The zero-order valence-corrected chi connectivity index (χ0v) is 14.2. The molecule has 1 atom stereocenters. The molecule has 0 saturated carbocycles. The molecule has 0 bridgehead atoms. The van der Waals surface area contributed by atoms with Crippen molar-refractivity contribution in [3.8, 4) is 0 Å². The number of hydrogen-bond acceptors (Lipinski definition) is 7. The maximum Gasteiger partial charge on any atom is 0.254 e. The Kier molecular flexibility index (Phi) is 7.87. The molecular weight excluding hydrogens is 314 g/mol. The van der Waals surface area contributed by atoms with E-state index in [1.54, 1.807) is 19.1 Å². The number of pyridine rings is 1. The van der Waals surface area contributed by atoms with Gasteiger partial charge in [-0.25, -0.2) is 4.90 Å². The fourth-order valence-corrected chi connectivity index (χ4v) is 2.84. The molecule has 126 valence electrons. The Labute approximate surface area is 140 Å². The summed E-state index contributed by atoms with van der Waals surface area (Å²) in [4.78, 5) is 29.5. The van der Waals surface area contributed by atoms with E-state index in [-0.39, 0.29) is 5.91 Å². The van der Waals surface area contributed by atoms with E-state index in [1.807, 2.05) is 0 Å². The smallest absolute Gasteiger partial charge is 0.254 e. The van der Waals surface area contributed by atoms with Gasteiger partial charge in [0.15, 0.2) is 0 Å². The van der Waals surface area contributed by atoms with Crippen LogP contribution in [-0.2, 0) is 9.59 Å². The van der Waals surface area contributed by atoms with Crippen molar-refractivity contribution >= 4 is 35.5 Å². The van der Waals surface area contributed by atoms with Gasteiger partial charge in [-0.3, -0.25) is 14.6 Å². The summed E-state index contributed by atoms with van der Waals surface area (Å²) < 4.78 is 0. The molecule has 0 aromatic carbocycles. The minimum absolute atomic E-state index is 0.379. The number of carbonyl (C=O) groups is 2. The van der Waals surface area contributed by atoms with Gasteiger partial charge < -0.3 is 16.5 Å². The Morgan fingerprint density at radius 3 is 2.70 bits per heavy atom. The van der Waals surface area contributed by atoms with Crippen LogP contribution >= 0.6 is 11.8 Å². The van der Waals surface area contributed by atoms with E-state index in [9.17, 15) is 9.59 Å². The number of carbonyl (C=O) groups excluding carboxylic acids is 2. The quantitative estimate of drug-likeness (QED) is 0.450. The molecule has 2 amide bonds. The zero-order chi connectivity index (χ0) is 17.3. The van der Waals surface area contributed by atoms with Gasteiger partial charge in [0.25, 0.3) is 5.91 Å². The van der Waals surface area contributed by atoms with Gasteiger partial charge in [0.2, 0.25) is 5.91 Å². The normalized spacial score (nSPS) is 13.2. The minimum Gasteiger partial charge on any atom is -0.317 e. The number of imide groups is 1. The third-order valence-electron chi connectivity index (χ3n) is 3.00. The Bertz CT molecular complexity index is 536. The topological polar surface area (TPSA) is 112 Å². The lowest BCUT2D eigenvalue weighted by Crippen LogP contribution is -2.56. The highest BCUT2D eigenvalue weighted by atomic mass is 32.2. The largest absolute Gasteiger partial charge is 0.317 e. The minimum atomic E-state index is -1.15. The van der Waals surface area contributed by atoms with Crippen LogP contribution in [-0.4, -0.2) is 53.1 Å². The van der Waals surface area contributed by atoms with Gasteiger partial charge >= 0.3 is 0 Å². The second-order valence-electron chi connectivity index (χ2n) is 5.24. The van der Waals surface area contributed by atoms with Gasteiger partial charge in [0.1, 0.15) is 5.54 Å². The van der Waals surface area contributed by atoms with E-state index in [0.717, 1.165) is 17.2 Å². The van der Waals surface area contributed by atoms with E-state index in [1.165, 1.54) is 37.3 Å². The van der Waals surface area contributed by atoms with Crippen LogP contribution in [0.4, 0.5) is 5.69 Å². The lowest BCUT2D eigenvalue weighted by atomic mass is 10.0. The van der Waals surface area contributed by atoms with E-state index in [4.69, 9.17) is 11.1 Å². The molecule has 0 fully saturated rings. The van der Waals surface area contributed by atoms with Gasteiger partial charge in [0.05, 0.1) is 5.69 Å². The molecule has 8 heteroatoms. The van der Waals surface area contributed by atoms with Crippen molar-refractivity contribution in [3.63, 3.8) is 0 Å². The van der Waals surface area contributed by atoms with Crippen molar-refractivity contribution in [1.82, 2.24) is 10.3 Å². The Hall–Kier alpha value is -1.77. The Morgan fingerprint density at radius 1 is 1.48 bits per heavy atom. The number of thioether (sulfide) groups is 1. The third-order valence-corrected chi connectivity index (χ3v) is 4.30. The lowest BCUT2D eigenvalue weighted by Gasteiger charge is -2.29. The second-order valence-corrected chi connectivity index (χ2v) is 6.35. The maximum absolute atomic E-state index is 12.7. The molecule has 0 aliphatic heterocycles. The van der Waals surface area contributed by atoms with E-state index >= 15 is 0 Å². The SMILES string of the molecule is CC(=O)N(C(=O)[C@@](C)(N)CSCCNCC=N)c1ccncc1. The monoisotopic (exact) mass is 337 g/mol. The molecular formula is C15H23N5O2S. The number of amides is 2. The van der Waals surface area contributed by atoms with Crippen LogP contribution in [0.5, 0.6) is 0 Å². The Balaban J connectivity index is 2.67. The summed E-state index contributed by atoms with van der Waals surface area (Å²) in [6, 6.07) is 3.20. The van der Waals surface area contributed by atoms with Gasteiger partial charge in [-0.1, -0.05) is 0 Å². The predicted molar refractivity (Wildman–Crippen MR) is 94.0 cm³/mol. The number of nitrogens with zero attached hydrogens (tertiary/aromatic N) is 2. The van der Waals surface area contributed by atoms with Crippen LogP contribution in [0, 0.1) is 5.41 Å². The molecule has 0 aliphatic carbocycles. The number of aromatic nitrogens is 1. The van der Waals surface area contributed by atoms with Crippen molar-refractivity contribution in [2.45, 2.75) is 19.4 Å². The summed E-state index contributed by atoms with van der Waals surface area (Å²) in [7, 11) is 0. The molecule has 23 heavy (non-hydrogen) atoms. The number of rotatable bonds is 9. The summed E-state index contributed by atoms with van der Waals surface area (Å²) in [6.07, 6.45) is 4.34. The highest BCUT2D eigenvalue weighted by molar-refractivity contribution is 7.99. The summed E-state index contributed by atoms with van der Waals surface area (Å²) >= 11 is 1.53. The highest BCUT2D eigenvalue weighted by Crippen LogP contribution is 2.19. The standard InChI is InChI=1S/C15H23N5O2S/c1-12(21)20(13-3-6-18-7-4-13)14(22)15(2,17)11-23-10-9-19-8-5-16/h3-7,16,19H,8-11,17H2,1-2H3/t15-/m0/s1.